The summed E-state index contributed by atoms with van der Waals surface area (Å²) in [6.45, 7) is 1.78. The van der Waals surface area contributed by atoms with Crippen LogP contribution in [-0.4, -0.2) is 46.8 Å². The number of phenols is 1. The van der Waals surface area contributed by atoms with E-state index in [-0.39, 0.29) is 11.8 Å². The number of carboxylic acids is 1. The zero-order chi connectivity index (χ0) is 13.0. The van der Waals surface area contributed by atoms with Crippen molar-refractivity contribution in [3.05, 3.63) is 24.3 Å². The number of hydrogen-bond donors (Lipinski definition) is 2. The largest absolute Gasteiger partial charge is 0.508 e. The molecule has 2 rings (SSSR count). The van der Waals surface area contributed by atoms with E-state index in [1.165, 1.54) is 12.1 Å². The van der Waals surface area contributed by atoms with Gasteiger partial charge >= 0.3 is 5.97 Å². The van der Waals surface area contributed by atoms with Gasteiger partial charge in [-0.2, -0.15) is 0 Å². The van der Waals surface area contributed by atoms with Gasteiger partial charge in [0.25, 0.3) is 0 Å². The Morgan fingerprint density at radius 1 is 1.56 bits per heavy atom. The van der Waals surface area contributed by atoms with Gasteiger partial charge in [-0.3, -0.25) is 9.69 Å². The maximum Gasteiger partial charge on any atom is 0.320 e. The van der Waals surface area contributed by atoms with Gasteiger partial charge in [-0.1, -0.05) is 0 Å². The van der Waals surface area contributed by atoms with Crippen molar-refractivity contribution >= 4 is 5.97 Å². The molecule has 0 aliphatic carbocycles. The summed E-state index contributed by atoms with van der Waals surface area (Å²) in [5.41, 5.74) is 0. The molecule has 1 aromatic carbocycles. The van der Waals surface area contributed by atoms with Crippen LogP contribution in [0.2, 0.25) is 0 Å². The molecule has 1 saturated heterocycles. The lowest BCUT2D eigenvalue weighted by Gasteiger charge is -2.20. The van der Waals surface area contributed by atoms with Crippen molar-refractivity contribution in [1.29, 1.82) is 0 Å². The molecule has 0 unspecified atom stereocenters. The van der Waals surface area contributed by atoms with Crippen molar-refractivity contribution in [1.82, 2.24) is 4.90 Å². The molecular formula is C13H16NO4. The first-order valence-electron chi connectivity index (χ1n) is 5.96. The highest BCUT2D eigenvalue weighted by atomic mass is 16.5. The summed E-state index contributed by atoms with van der Waals surface area (Å²) in [6, 6.07) is 6.97. The van der Waals surface area contributed by atoms with E-state index in [4.69, 9.17) is 9.84 Å². The lowest BCUT2D eigenvalue weighted by atomic mass is 10.2. The van der Waals surface area contributed by atoms with Crippen molar-refractivity contribution in [3.8, 4) is 11.5 Å². The number of likely N-dealkylation sites (tertiary alicyclic amines) is 1. The summed E-state index contributed by atoms with van der Waals surface area (Å²) in [4.78, 5) is 12.9. The Hall–Kier alpha value is -1.75. The highest BCUT2D eigenvalue weighted by molar-refractivity contribution is 5.73. The molecule has 1 radical (unpaired) electrons. The Bertz CT molecular complexity index is 421. The molecule has 5 heteroatoms. The molecule has 1 fully saturated rings. The number of carbonyl (C=O) groups is 1. The van der Waals surface area contributed by atoms with Crippen LogP contribution in [0.15, 0.2) is 18.2 Å². The van der Waals surface area contributed by atoms with E-state index in [1.807, 2.05) is 4.90 Å². The topological polar surface area (TPSA) is 70.0 Å². The number of aliphatic carboxylic acids is 1. The van der Waals surface area contributed by atoms with E-state index in [9.17, 15) is 9.90 Å². The second kappa shape index (κ2) is 5.73. The monoisotopic (exact) mass is 250 g/mol. The molecule has 0 bridgehead atoms. The summed E-state index contributed by atoms with van der Waals surface area (Å²) in [5, 5.41) is 18.3. The number of nitrogens with zero attached hydrogens (tertiary/aromatic N) is 1. The van der Waals surface area contributed by atoms with Gasteiger partial charge in [0, 0.05) is 12.6 Å². The van der Waals surface area contributed by atoms with Gasteiger partial charge in [-0.05, 0) is 37.6 Å². The third kappa shape index (κ3) is 3.13. The van der Waals surface area contributed by atoms with E-state index in [0.717, 1.165) is 13.0 Å². The molecule has 1 atom stereocenters. The molecule has 0 amide bonds. The molecule has 18 heavy (non-hydrogen) atoms. The molecular weight excluding hydrogens is 234 g/mol. The predicted octanol–water partition coefficient (Wildman–Crippen LogP) is 1.12. The van der Waals surface area contributed by atoms with Crippen molar-refractivity contribution in [3.63, 3.8) is 0 Å². The Kier molecular flexibility index (Phi) is 4.04. The third-order valence-electron chi connectivity index (χ3n) is 3.04. The second-order valence-corrected chi connectivity index (χ2v) is 4.31. The molecule has 1 aliphatic heterocycles. The fourth-order valence-electron chi connectivity index (χ4n) is 2.18. The number of carboxylic acid groups (broad SMARTS) is 1. The van der Waals surface area contributed by atoms with E-state index in [1.54, 1.807) is 6.07 Å². The minimum absolute atomic E-state index is 0.108. The van der Waals surface area contributed by atoms with Crippen LogP contribution >= 0.6 is 0 Å². The van der Waals surface area contributed by atoms with Crippen LogP contribution in [-0.2, 0) is 4.79 Å². The van der Waals surface area contributed by atoms with E-state index in [2.05, 4.69) is 6.07 Å². The van der Waals surface area contributed by atoms with Crippen LogP contribution in [0.3, 0.4) is 0 Å². The van der Waals surface area contributed by atoms with Gasteiger partial charge in [0.15, 0.2) is 0 Å². The summed E-state index contributed by atoms with van der Waals surface area (Å²) >= 11 is 0. The van der Waals surface area contributed by atoms with Crippen molar-refractivity contribution in [2.45, 2.75) is 18.9 Å². The minimum atomic E-state index is -0.766. The number of rotatable bonds is 5. The molecule has 1 aliphatic rings. The van der Waals surface area contributed by atoms with Gasteiger partial charge in [0.2, 0.25) is 0 Å². The predicted molar refractivity (Wildman–Crippen MR) is 64.7 cm³/mol. The standard InChI is InChI=1S/C13H16NO4/c15-10-3-1-4-11(9-10)18-8-7-14-6-2-5-12(14)13(16)17/h3-4,9,12,15H,2,5-8H2,(H,16,17)/t12-/m0/s1. The summed E-state index contributed by atoms with van der Waals surface area (Å²) < 4.78 is 5.45. The average molecular weight is 250 g/mol. The SMILES string of the molecule is O=C(O)[C@@H]1CCCN1CCOc1c[c]cc(O)c1. The van der Waals surface area contributed by atoms with Crippen molar-refractivity contribution in [2.75, 3.05) is 19.7 Å². The van der Waals surface area contributed by atoms with Crippen LogP contribution < -0.4 is 4.74 Å². The third-order valence-corrected chi connectivity index (χ3v) is 3.04. The Balaban J connectivity index is 1.80. The molecule has 0 spiro atoms. The van der Waals surface area contributed by atoms with E-state index >= 15 is 0 Å². The van der Waals surface area contributed by atoms with Crippen molar-refractivity contribution in [2.24, 2.45) is 0 Å². The maximum absolute atomic E-state index is 11.0. The number of ether oxygens (including phenoxy) is 1. The Labute approximate surface area is 106 Å². The zero-order valence-electron chi connectivity index (χ0n) is 10.0. The number of hydrogen-bond acceptors (Lipinski definition) is 4. The van der Waals surface area contributed by atoms with Gasteiger partial charge in [-0.15, -0.1) is 0 Å². The lowest BCUT2D eigenvalue weighted by molar-refractivity contribution is -0.142. The molecule has 5 nitrogen and oxygen atoms in total. The smallest absolute Gasteiger partial charge is 0.320 e. The van der Waals surface area contributed by atoms with Crippen LogP contribution in [0.25, 0.3) is 0 Å². The quantitative estimate of drug-likeness (QED) is 0.819. The van der Waals surface area contributed by atoms with Crippen LogP contribution in [0.5, 0.6) is 11.5 Å². The summed E-state index contributed by atoms with van der Waals surface area (Å²) in [5.74, 6) is -0.114. The lowest BCUT2D eigenvalue weighted by Crippen LogP contribution is -2.38. The van der Waals surface area contributed by atoms with Gasteiger partial charge in [0.1, 0.15) is 24.1 Å². The van der Waals surface area contributed by atoms with E-state index < -0.39 is 5.97 Å². The number of benzene rings is 1. The molecule has 2 N–H and O–H groups in total. The second-order valence-electron chi connectivity index (χ2n) is 4.31. The normalized spacial score (nSPS) is 19.9. The van der Waals surface area contributed by atoms with Crippen LogP contribution in [0, 0.1) is 6.07 Å². The van der Waals surface area contributed by atoms with E-state index in [0.29, 0.717) is 25.3 Å². The van der Waals surface area contributed by atoms with Gasteiger partial charge in [0.05, 0.1) is 0 Å². The Morgan fingerprint density at radius 2 is 2.39 bits per heavy atom. The first-order valence-corrected chi connectivity index (χ1v) is 5.96. The molecule has 1 aromatic rings. The minimum Gasteiger partial charge on any atom is -0.508 e. The van der Waals surface area contributed by atoms with Gasteiger partial charge < -0.3 is 14.9 Å². The fraction of sp³-hybridized carbons (Fsp3) is 0.462. The summed E-state index contributed by atoms with van der Waals surface area (Å²) in [6.07, 6.45) is 1.62. The number of phenolic OH excluding ortho intramolecular Hbond substituents is 1. The molecule has 0 aromatic heterocycles. The van der Waals surface area contributed by atoms with Gasteiger partial charge in [-0.25, -0.2) is 0 Å². The van der Waals surface area contributed by atoms with Crippen molar-refractivity contribution < 1.29 is 19.7 Å². The zero-order valence-corrected chi connectivity index (χ0v) is 10.0. The average Bonchev–Trinajstić information content (AvgIpc) is 2.77. The highest BCUT2D eigenvalue weighted by Gasteiger charge is 2.29. The summed E-state index contributed by atoms with van der Waals surface area (Å²) in [7, 11) is 0. The molecule has 0 saturated carbocycles. The number of aromatic hydroxyl groups is 1. The Morgan fingerprint density at radius 3 is 3.11 bits per heavy atom. The van der Waals surface area contributed by atoms with Crippen LogP contribution in [0.4, 0.5) is 0 Å². The molecule has 1 heterocycles. The fourth-order valence-corrected chi connectivity index (χ4v) is 2.18. The highest BCUT2D eigenvalue weighted by Crippen LogP contribution is 2.19. The first kappa shape index (κ1) is 12.7. The molecule has 97 valence electrons. The maximum atomic E-state index is 11.0. The first-order chi connectivity index (χ1) is 8.66. The van der Waals surface area contributed by atoms with Crippen LogP contribution in [0.1, 0.15) is 12.8 Å².